The number of benzene rings is 3. The number of carbonyl (C=O) groups is 1. The number of nitrogens with zero attached hydrogens (tertiary/aromatic N) is 1. The van der Waals surface area contributed by atoms with E-state index < -0.39 is 29.4 Å². The second-order valence-electron chi connectivity index (χ2n) is 8.41. The fourth-order valence-corrected chi connectivity index (χ4v) is 5.18. The van der Waals surface area contributed by atoms with Gasteiger partial charge in [0.2, 0.25) is 0 Å². The molecule has 33 heavy (non-hydrogen) atoms. The van der Waals surface area contributed by atoms with Crippen molar-refractivity contribution in [2.24, 2.45) is 0 Å². The van der Waals surface area contributed by atoms with Gasteiger partial charge in [-0.3, -0.25) is 20.2 Å². The highest BCUT2D eigenvalue weighted by Gasteiger charge is 2.67. The summed E-state index contributed by atoms with van der Waals surface area (Å²) in [4.78, 5) is 25.3. The fourth-order valence-electron chi connectivity index (χ4n) is 5.18. The normalized spacial score (nSPS) is 25.6. The van der Waals surface area contributed by atoms with Crippen LogP contribution in [-0.2, 0) is 16.9 Å². The molecule has 2 aliphatic rings. The number of fused-ring (bicyclic) bond motifs is 2. The number of para-hydroxylation sites is 2. The zero-order valence-corrected chi connectivity index (χ0v) is 17.8. The molecule has 1 fully saturated rings. The standard InChI is InChI=1S/C25H22FN3O4/c1-15-22(17-9-3-7-13-21(17)33-14-16-8-2-5-11-19(16)26)23(29(31)32)25(28-15)18-10-4-6-12-20(18)27-24(25)30/h2-13,15,22-23,28H,14H2,1H3,(H,27,30)/t15-,22-,23+,25-/m0/s1. The van der Waals surface area contributed by atoms with Crippen LogP contribution in [0.3, 0.4) is 0 Å². The van der Waals surface area contributed by atoms with Crippen LogP contribution >= 0.6 is 0 Å². The maximum Gasteiger partial charge on any atom is 0.256 e. The van der Waals surface area contributed by atoms with Crippen molar-refractivity contribution in [1.29, 1.82) is 0 Å². The molecule has 2 aliphatic heterocycles. The third-order valence-corrected chi connectivity index (χ3v) is 6.58. The first kappa shape index (κ1) is 21.1. The number of rotatable bonds is 5. The van der Waals surface area contributed by atoms with Crippen LogP contribution in [0, 0.1) is 15.9 Å². The lowest BCUT2D eigenvalue weighted by molar-refractivity contribution is -0.532. The molecule has 0 unspecified atom stereocenters. The average Bonchev–Trinajstić information content (AvgIpc) is 3.27. The van der Waals surface area contributed by atoms with Crippen LogP contribution in [0.2, 0.25) is 0 Å². The quantitative estimate of drug-likeness (QED) is 0.456. The molecule has 1 spiro atoms. The molecular weight excluding hydrogens is 425 g/mol. The number of hydrogen-bond donors (Lipinski definition) is 2. The van der Waals surface area contributed by atoms with Crippen molar-refractivity contribution in [2.45, 2.75) is 37.1 Å². The van der Waals surface area contributed by atoms with E-state index >= 15 is 0 Å². The van der Waals surface area contributed by atoms with E-state index in [4.69, 9.17) is 4.74 Å². The zero-order chi connectivity index (χ0) is 23.2. The highest BCUT2D eigenvalue weighted by Crippen LogP contribution is 2.50. The molecule has 0 radical (unpaired) electrons. The number of anilines is 1. The Labute approximate surface area is 189 Å². The Balaban J connectivity index is 1.56. The molecular formula is C25H22FN3O4. The van der Waals surface area contributed by atoms with Crippen molar-refractivity contribution in [1.82, 2.24) is 5.32 Å². The Morgan fingerprint density at radius 3 is 2.55 bits per heavy atom. The Morgan fingerprint density at radius 2 is 1.76 bits per heavy atom. The van der Waals surface area contributed by atoms with Crippen molar-refractivity contribution in [3.63, 3.8) is 0 Å². The summed E-state index contributed by atoms with van der Waals surface area (Å²) in [5, 5.41) is 18.5. The summed E-state index contributed by atoms with van der Waals surface area (Å²) in [5.41, 5.74) is 0.624. The summed E-state index contributed by atoms with van der Waals surface area (Å²) in [6.45, 7) is 1.81. The molecule has 168 valence electrons. The molecule has 0 aliphatic carbocycles. The lowest BCUT2D eigenvalue weighted by Crippen LogP contribution is -2.54. The summed E-state index contributed by atoms with van der Waals surface area (Å²) in [7, 11) is 0. The number of amides is 1. The molecule has 8 heteroatoms. The molecule has 2 N–H and O–H groups in total. The van der Waals surface area contributed by atoms with Gasteiger partial charge in [0.1, 0.15) is 18.2 Å². The van der Waals surface area contributed by atoms with E-state index in [-0.39, 0.29) is 17.3 Å². The molecule has 1 saturated heterocycles. The SMILES string of the molecule is C[C@@H]1N[C@]2(C(=O)Nc3ccccc32)[C@H]([N+](=O)[O-])[C@@H]1c1ccccc1OCc1ccccc1F. The number of ether oxygens (including phenoxy) is 1. The van der Waals surface area contributed by atoms with Crippen molar-refractivity contribution in [2.75, 3.05) is 5.32 Å². The Hall–Kier alpha value is -3.78. The molecule has 4 atom stereocenters. The smallest absolute Gasteiger partial charge is 0.256 e. The first-order valence-electron chi connectivity index (χ1n) is 10.7. The summed E-state index contributed by atoms with van der Waals surface area (Å²) in [6.07, 6.45) is 0. The van der Waals surface area contributed by atoms with Crippen LogP contribution in [0.15, 0.2) is 72.8 Å². The van der Waals surface area contributed by atoms with Crippen LogP contribution < -0.4 is 15.4 Å². The Kier molecular flexibility index (Phi) is 5.09. The second-order valence-corrected chi connectivity index (χ2v) is 8.41. The highest BCUT2D eigenvalue weighted by atomic mass is 19.1. The monoisotopic (exact) mass is 447 g/mol. The molecule has 2 heterocycles. The minimum atomic E-state index is -1.50. The van der Waals surface area contributed by atoms with E-state index in [1.54, 1.807) is 66.7 Å². The van der Waals surface area contributed by atoms with Gasteiger partial charge in [-0.05, 0) is 25.1 Å². The summed E-state index contributed by atoms with van der Waals surface area (Å²) in [5.74, 6) is -1.06. The van der Waals surface area contributed by atoms with Gasteiger partial charge in [0.05, 0.1) is 5.92 Å². The predicted molar refractivity (Wildman–Crippen MR) is 120 cm³/mol. The van der Waals surface area contributed by atoms with Crippen LogP contribution in [0.25, 0.3) is 0 Å². The molecule has 7 nitrogen and oxygen atoms in total. The van der Waals surface area contributed by atoms with Gasteiger partial charge in [-0.25, -0.2) is 4.39 Å². The maximum atomic E-state index is 14.1. The molecule has 3 aromatic carbocycles. The Morgan fingerprint density at radius 1 is 1.06 bits per heavy atom. The molecule has 0 bridgehead atoms. The van der Waals surface area contributed by atoms with E-state index in [1.165, 1.54) is 6.07 Å². The van der Waals surface area contributed by atoms with Gasteiger partial charge in [-0.15, -0.1) is 0 Å². The minimum Gasteiger partial charge on any atom is -0.488 e. The summed E-state index contributed by atoms with van der Waals surface area (Å²) >= 11 is 0. The van der Waals surface area contributed by atoms with Crippen LogP contribution in [-0.4, -0.2) is 22.9 Å². The third kappa shape index (κ3) is 3.25. The number of hydrogen-bond acceptors (Lipinski definition) is 5. The zero-order valence-electron chi connectivity index (χ0n) is 17.8. The molecule has 3 aromatic rings. The number of nitro groups is 1. The van der Waals surface area contributed by atoms with Gasteiger partial charge in [0.15, 0.2) is 5.54 Å². The van der Waals surface area contributed by atoms with Gasteiger partial charge in [0, 0.05) is 33.3 Å². The maximum absolute atomic E-state index is 14.1. The van der Waals surface area contributed by atoms with E-state index in [2.05, 4.69) is 10.6 Å². The van der Waals surface area contributed by atoms with Crippen LogP contribution in [0.5, 0.6) is 5.75 Å². The largest absolute Gasteiger partial charge is 0.488 e. The van der Waals surface area contributed by atoms with Gasteiger partial charge >= 0.3 is 0 Å². The van der Waals surface area contributed by atoms with Crippen LogP contribution in [0.4, 0.5) is 10.1 Å². The topological polar surface area (TPSA) is 93.5 Å². The number of halogens is 1. The number of nitrogens with one attached hydrogen (secondary N) is 2. The van der Waals surface area contributed by atoms with E-state index in [0.29, 0.717) is 28.1 Å². The fraction of sp³-hybridized carbons (Fsp3) is 0.240. The lowest BCUT2D eigenvalue weighted by Gasteiger charge is -2.26. The van der Waals surface area contributed by atoms with Crippen molar-refractivity contribution in [3.8, 4) is 5.75 Å². The van der Waals surface area contributed by atoms with Crippen molar-refractivity contribution >= 4 is 11.6 Å². The Bertz CT molecular complexity index is 1250. The van der Waals surface area contributed by atoms with E-state index in [9.17, 15) is 19.3 Å². The predicted octanol–water partition coefficient (Wildman–Crippen LogP) is 3.97. The lowest BCUT2D eigenvalue weighted by atomic mass is 9.78. The van der Waals surface area contributed by atoms with Crippen LogP contribution in [0.1, 0.15) is 29.5 Å². The minimum absolute atomic E-state index is 0.0180. The van der Waals surface area contributed by atoms with Gasteiger partial charge in [-0.1, -0.05) is 54.6 Å². The van der Waals surface area contributed by atoms with Crippen molar-refractivity contribution in [3.05, 3.63) is 105 Å². The molecule has 1 amide bonds. The first-order valence-corrected chi connectivity index (χ1v) is 10.7. The van der Waals surface area contributed by atoms with Crippen molar-refractivity contribution < 1.29 is 18.8 Å². The van der Waals surface area contributed by atoms with E-state index in [0.717, 1.165) is 0 Å². The molecule has 0 aromatic heterocycles. The first-order chi connectivity index (χ1) is 15.9. The third-order valence-electron chi connectivity index (χ3n) is 6.58. The molecule has 0 saturated carbocycles. The average molecular weight is 447 g/mol. The highest BCUT2D eigenvalue weighted by molar-refractivity contribution is 6.07. The van der Waals surface area contributed by atoms with Gasteiger partial charge < -0.3 is 10.1 Å². The summed E-state index contributed by atoms with van der Waals surface area (Å²) in [6, 6.07) is 18.7. The van der Waals surface area contributed by atoms with E-state index in [1.807, 2.05) is 6.92 Å². The molecule has 5 rings (SSSR count). The second kappa shape index (κ2) is 7.97. The number of carbonyl (C=O) groups excluding carboxylic acids is 1. The van der Waals surface area contributed by atoms with Gasteiger partial charge in [0.25, 0.3) is 11.9 Å². The summed E-state index contributed by atoms with van der Waals surface area (Å²) < 4.78 is 20.0. The van der Waals surface area contributed by atoms with Gasteiger partial charge in [-0.2, -0.15) is 0 Å².